The summed E-state index contributed by atoms with van der Waals surface area (Å²) in [5.74, 6) is 2.40. The van der Waals surface area contributed by atoms with Crippen LogP contribution in [0, 0.1) is 22.7 Å². The third-order valence-corrected chi connectivity index (χ3v) is 9.33. The SMILES string of the molecule is CCC1(C)C(C)CCC2C(C)(C)C(O)CCC21Oc1ccc(OC)c2c(O)[nH]c(OC)c12. The van der Waals surface area contributed by atoms with Crippen molar-refractivity contribution in [3.05, 3.63) is 12.1 Å². The van der Waals surface area contributed by atoms with Gasteiger partial charge in [0, 0.05) is 11.3 Å². The van der Waals surface area contributed by atoms with Crippen molar-refractivity contribution in [1.29, 1.82) is 0 Å². The molecule has 178 valence electrons. The average molecular weight is 446 g/mol. The molecule has 0 amide bonds. The smallest absolute Gasteiger partial charge is 0.205 e. The number of nitrogens with one attached hydrogen (secondary N) is 1. The van der Waals surface area contributed by atoms with E-state index in [4.69, 9.17) is 14.2 Å². The van der Waals surface area contributed by atoms with Crippen LogP contribution in [0.2, 0.25) is 0 Å². The second-order valence-corrected chi connectivity index (χ2v) is 10.7. The fourth-order valence-corrected chi connectivity index (χ4v) is 6.92. The number of hydrogen-bond donors (Lipinski definition) is 3. The first-order valence-electron chi connectivity index (χ1n) is 11.9. The summed E-state index contributed by atoms with van der Waals surface area (Å²) in [6, 6.07) is 3.77. The van der Waals surface area contributed by atoms with Crippen LogP contribution in [0.25, 0.3) is 10.8 Å². The Bertz CT molecular complexity index is 998. The van der Waals surface area contributed by atoms with Crippen molar-refractivity contribution in [2.24, 2.45) is 22.7 Å². The molecule has 4 rings (SSSR count). The first kappa shape index (κ1) is 23.1. The summed E-state index contributed by atoms with van der Waals surface area (Å²) in [6.45, 7) is 11.4. The zero-order valence-corrected chi connectivity index (χ0v) is 20.5. The lowest BCUT2D eigenvalue weighted by Gasteiger charge is -2.65. The predicted molar refractivity (Wildman–Crippen MR) is 126 cm³/mol. The van der Waals surface area contributed by atoms with Gasteiger partial charge in [0.2, 0.25) is 11.8 Å². The minimum absolute atomic E-state index is 0.00265. The van der Waals surface area contributed by atoms with Crippen LogP contribution in [0.5, 0.6) is 23.3 Å². The highest BCUT2D eigenvalue weighted by Crippen LogP contribution is 2.64. The van der Waals surface area contributed by atoms with E-state index >= 15 is 0 Å². The summed E-state index contributed by atoms with van der Waals surface area (Å²) in [7, 11) is 3.17. The number of methoxy groups -OCH3 is 2. The molecule has 0 aliphatic heterocycles. The number of H-pyrrole nitrogens is 1. The van der Waals surface area contributed by atoms with Crippen LogP contribution in [0.1, 0.15) is 66.7 Å². The number of rotatable bonds is 5. The molecule has 3 N–H and O–H groups in total. The van der Waals surface area contributed by atoms with E-state index in [1.807, 2.05) is 12.1 Å². The summed E-state index contributed by atoms with van der Waals surface area (Å²) in [6.07, 6.45) is 4.30. The Labute approximate surface area is 191 Å². The van der Waals surface area contributed by atoms with Gasteiger partial charge in [-0.3, -0.25) is 4.98 Å². The van der Waals surface area contributed by atoms with Gasteiger partial charge in [0.05, 0.1) is 31.1 Å². The van der Waals surface area contributed by atoms with E-state index in [-0.39, 0.29) is 28.7 Å². The minimum atomic E-state index is -0.443. The topological polar surface area (TPSA) is 83.9 Å². The standard InChI is InChI=1S/C26H39NO5/c1-8-25(5)15(2)9-12-18-24(3,4)19(28)13-14-26(18,25)32-17-11-10-16(30-6)20-21(17)23(31-7)27-22(20)29/h10-11,15,18-19,27-29H,8-9,12-14H2,1-7H3. The van der Waals surface area contributed by atoms with Gasteiger partial charge < -0.3 is 24.4 Å². The maximum atomic E-state index is 11.0. The van der Waals surface area contributed by atoms with Gasteiger partial charge in [0.25, 0.3) is 0 Å². The number of aliphatic hydroxyl groups is 1. The zero-order chi connectivity index (χ0) is 23.5. The van der Waals surface area contributed by atoms with Crippen LogP contribution in [0.4, 0.5) is 0 Å². The Morgan fingerprint density at radius 1 is 1.03 bits per heavy atom. The zero-order valence-electron chi connectivity index (χ0n) is 20.5. The summed E-state index contributed by atoms with van der Waals surface area (Å²) in [5.41, 5.74) is -0.766. The molecule has 0 radical (unpaired) electrons. The number of aromatic hydroxyl groups is 1. The molecule has 0 spiro atoms. The van der Waals surface area contributed by atoms with Gasteiger partial charge in [0.15, 0.2) is 0 Å². The summed E-state index contributed by atoms with van der Waals surface area (Å²) < 4.78 is 18.3. The second-order valence-electron chi connectivity index (χ2n) is 10.7. The lowest BCUT2D eigenvalue weighted by molar-refractivity contribution is -0.227. The van der Waals surface area contributed by atoms with E-state index in [0.717, 1.165) is 25.7 Å². The molecular formula is C26H39NO5. The van der Waals surface area contributed by atoms with Crippen molar-refractivity contribution in [1.82, 2.24) is 4.98 Å². The number of aromatic amines is 1. The van der Waals surface area contributed by atoms with Crippen LogP contribution in [0.15, 0.2) is 12.1 Å². The molecule has 5 atom stereocenters. The number of benzene rings is 1. The number of aromatic nitrogens is 1. The molecular weight excluding hydrogens is 406 g/mol. The molecule has 5 unspecified atom stereocenters. The third-order valence-electron chi connectivity index (χ3n) is 9.33. The van der Waals surface area contributed by atoms with E-state index in [2.05, 4.69) is 39.6 Å². The average Bonchev–Trinajstić information content (AvgIpc) is 3.11. The quantitative estimate of drug-likeness (QED) is 0.554. The normalized spacial score (nSPS) is 34.2. The lowest BCUT2D eigenvalue weighted by atomic mass is 9.44. The molecule has 0 saturated heterocycles. The summed E-state index contributed by atoms with van der Waals surface area (Å²) in [4.78, 5) is 2.92. The van der Waals surface area contributed by atoms with E-state index in [9.17, 15) is 10.2 Å². The lowest BCUT2D eigenvalue weighted by Crippen LogP contribution is -2.68. The Hall–Kier alpha value is -2.08. The van der Waals surface area contributed by atoms with Crippen LogP contribution in [0.3, 0.4) is 0 Å². The van der Waals surface area contributed by atoms with Gasteiger partial charge in [0.1, 0.15) is 17.1 Å². The van der Waals surface area contributed by atoms with Gasteiger partial charge in [-0.15, -0.1) is 0 Å². The Morgan fingerprint density at radius 3 is 2.34 bits per heavy atom. The van der Waals surface area contributed by atoms with Crippen molar-refractivity contribution in [3.63, 3.8) is 0 Å². The highest BCUT2D eigenvalue weighted by atomic mass is 16.5. The van der Waals surface area contributed by atoms with Crippen molar-refractivity contribution in [2.45, 2.75) is 78.4 Å². The molecule has 32 heavy (non-hydrogen) atoms. The molecule has 0 bridgehead atoms. The van der Waals surface area contributed by atoms with E-state index in [0.29, 0.717) is 40.5 Å². The highest BCUT2D eigenvalue weighted by Gasteiger charge is 2.65. The number of fused-ring (bicyclic) bond motifs is 2. The Balaban J connectivity index is 1.95. The van der Waals surface area contributed by atoms with Crippen molar-refractivity contribution < 1.29 is 24.4 Å². The van der Waals surface area contributed by atoms with Gasteiger partial charge in [-0.25, -0.2) is 0 Å². The molecule has 2 aliphatic rings. The first-order chi connectivity index (χ1) is 15.1. The van der Waals surface area contributed by atoms with Gasteiger partial charge in [-0.1, -0.05) is 34.6 Å². The third kappa shape index (κ3) is 2.94. The molecule has 2 aromatic rings. The molecule has 1 aromatic heterocycles. The molecule has 6 heteroatoms. The fraction of sp³-hybridized carbons (Fsp3) is 0.692. The summed E-state index contributed by atoms with van der Waals surface area (Å²) >= 11 is 0. The van der Waals surface area contributed by atoms with E-state index < -0.39 is 5.60 Å². The van der Waals surface area contributed by atoms with Crippen LogP contribution in [-0.2, 0) is 0 Å². The number of ether oxygens (including phenoxy) is 3. The molecule has 2 fully saturated rings. The van der Waals surface area contributed by atoms with Gasteiger partial charge in [-0.2, -0.15) is 0 Å². The highest BCUT2D eigenvalue weighted by molar-refractivity contribution is 6.01. The Kier molecular flexibility index (Phi) is 5.60. The molecule has 2 saturated carbocycles. The molecule has 6 nitrogen and oxygen atoms in total. The Morgan fingerprint density at radius 2 is 1.72 bits per heavy atom. The number of hydrogen-bond acceptors (Lipinski definition) is 5. The van der Waals surface area contributed by atoms with Gasteiger partial charge >= 0.3 is 0 Å². The monoisotopic (exact) mass is 445 g/mol. The van der Waals surface area contributed by atoms with E-state index in [1.165, 1.54) is 0 Å². The van der Waals surface area contributed by atoms with Crippen molar-refractivity contribution >= 4 is 10.8 Å². The maximum absolute atomic E-state index is 11.0. The number of aliphatic hydroxyl groups excluding tert-OH is 1. The van der Waals surface area contributed by atoms with E-state index in [1.54, 1.807) is 14.2 Å². The summed E-state index contributed by atoms with van der Waals surface area (Å²) in [5, 5.41) is 22.8. The van der Waals surface area contributed by atoms with Crippen LogP contribution >= 0.6 is 0 Å². The molecule has 1 heterocycles. The maximum Gasteiger partial charge on any atom is 0.205 e. The molecule has 1 aromatic carbocycles. The van der Waals surface area contributed by atoms with Crippen molar-refractivity contribution in [3.8, 4) is 23.3 Å². The van der Waals surface area contributed by atoms with Crippen molar-refractivity contribution in [2.75, 3.05) is 14.2 Å². The predicted octanol–water partition coefficient (Wildman–Crippen LogP) is 5.65. The van der Waals surface area contributed by atoms with Crippen LogP contribution in [-0.4, -0.2) is 41.1 Å². The fourth-order valence-electron chi connectivity index (χ4n) is 6.92. The molecule has 2 aliphatic carbocycles. The van der Waals surface area contributed by atoms with Crippen LogP contribution < -0.4 is 14.2 Å². The largest absolute Gasteiger partial charge is 0.496 e. The van der Waals surface area contributed by atoms with Gasteiger partial charge in [-0.05, 0) is 55.6 Å². The minimum Gasteiger partial charge on any atom is -0.496 e. The first-order valence-corrected chi connectivity index (χ1v) is 11.9. The second kappa shape index (κ2) is 7.75.